The SMILES string of the molecule is C1=Cc2cc3ccc(cc4nc(cc5ccc(cc1n2)[nH]5)C=C4)[nH]3.c1ccc(N(c2ccccc2)c2ccccc2)cc1.c1ccc2c(c1)[nH]c1ccccc12. The summed E-state index contributed by atoms with van der Waals surface area (Å²) in [4.78, 5) is 21.6. The molecule has 6 heterocycles. The van der Waals surface area contributed by atoms with E-state index >= 15 is 0 Å². The van der Waals surface area contributed by atoms with Crippen molar-refractivity contribution in [2.45, 2.75) is 0 Å². The Labute approximate surface area is 324 Å². The van der Waals surface area contributed by atoms with Gasteiger partial charge in [-0.1, -0.05) is 91.0 Å². The Balaban J connectivity index is 0.000000115. The van der Waals surface area contributed by atoms with Crippen LogP contribution in [0, 0.1) is 0 Å². The minimum Gasteiger partial charge on any atom is -0.355 e. The van der Waals surface area contributed by atoms with E-state index in [1.165, 1.54) is 38.9 Å². The van der Waals surface area contributed by atoms with E-state index in [-0.39, 0.29) is 0 Å². The third kappa shape index (κ3) is 7.81. The van der Waals surface area contributed by atoms with Crippen LogP contribution in [0.2, 0.25) is 0 Å². The Morgan fingerprint density at radius 1 is 0.304 bits per heavy atom. The largest absolute Gasteiger partial charge is 0.355 e. The number of aromatic amines is 3. The van der Waals surface area contributed by atoms with Crippen LogP contribution in [-0.2, 0) is 0 Å². The molecule has 0 spiro atoms. The van der Waals surface area contributed by atoms with Gasteiger partial charge in [-0.05, 0) is 121 Å². The molecule has 0 unspecified atom stereocenters. The van der Waals surface area contributed by atoms with Gasteiger partial charge in [-0.3, -0.25) is 0 Å². The number of fused-ring (bicyclic) bond motifs is 11. The standard InChI is InChI=1S/C20H14N4.C18H15N.C12H9N/c1-2-14-10-16-5-6-18(23-16)12-20-8-7-19(24-20)11-17-4-3-15(22-17)9-13(1)21-14;1-4-10-16(11-5-1)19(17-12-6-2-7-13-17)18-14-8-3-9-15-18;1-3-7-11-9(5-1)10-6-2-4-8-12(10)13-11/h1-12,21,24H;1-15H;1-8,13H. The number of hydrogen-bond donors (Lipinski definition) is 3. The van der Waals surface area contributed by atoms with Crippen molar-refractivity contribution in [2.24, 2.45) is 0 Å². The van der Waals surface area contributed by atoms with Crippen LogP contribution in [0.1, 0.15) is 22.8 Å². The van der Waals surface area contributed by atoms with Crippen molar-refractivity contribution in [3.63, 3.8) is 0 Å². The summed E-state index contributed by atoms with van der Waals surface area (Å²) in [6, 6.07) is 64.4. The quantitative estimate of drug-likeness (QED) is 0.170. The molecule has 56 heavy (non-hydrogen) atoms. The lowest BCUT2D eigenvalue weighted by molar-refractivity contribution is 1.28. The van der Waals surface area contributed by atoms with Crippen molar-refractivity contribution in [3.8, 4) is 0 Å². The second kappa shape index (κ2) is 15.7. The predicted molar refractivity (Wildman–Crippen MR) is 236 cm³/mol. The molecule has 0 amide bonds. The molecular formula is C50H38N6. The van der Waals surface area contributed by atoms with E-state index in [9.17, 15) is 0 Å². The second-order valence-corrected chi connectivity index (χ2v) is 13.5. The summed E-state index contributed by atoms with van der Waals surface area (Å²) >= 11 is 0. The molecule has 9 aromatic rings. The molecule has 0 saturated carbocycles. The number of aromatic nitrogens is 5. The van der Waals surface area contributed by atoms with Crippen LogP contribution >= 0.6 is 0 Å². The number of para-hydroxylation sites is 5. The van der Waals surface area contributed by atoms with E-state index in [4.69, 9.17) is 0 Å². The molecule has 11 rings (SSSR count). The number of H-pyrrole nitrogens is 3. The fourth-order valence-corrected chi connectivity index (χ4v) is 6.92. The number of nitrogens with zero attached hydrogens (tertiary/aromatic N) is 3. The van der Waals surface area contributed by atoms with E-state index in [1.807, 2.05) is 66.8 Å². The van der Waals surface area contributed by atoms with Gasteiger partial charge in [-0.25, -0.2) is 9.97 Å². The van der Waals surface area contributed by atoms with Gasteiger partial charge in [0.25, 0.3) is 0 Å². The Hall–Kier alpha value is -7.70. The smallest absolute Gasteiger partial charge is 0.0658 e. The average Bonchev–Trinajstić information content (AvgIpc) is 4.11. The van der Waals surface area contributed by atoms with Gasteiger partial charge in [-0.2, -0.15) is 0 Å². The topological polar surface area (TPSA) is 76.4 Å². The molecule has 6 heteroatoms. The van der Waals surface area contributed by atoms with Gasteiger partial charge in [-0.15, -0.1) is 0 Å². The Bertz CT molecular complexity index is 2650. The van der Waals surface area contributed by atoms with E-state index in [2.05, 4.69) is 175 Å². The van der Waals surface area contributed by atoms with Crippen molar-refractivity contribution in [1.82, 2.24) is 24.9 Å². The van der Waals surface area contributed by atoms with Crippen LogP contribution in [0.5, 0.6) is 0 Å². The van der Waals surface area contributed by atoms with E-state index < -0.39 is 0 Å². The molecule has 5 aromatic carbocycles. The van der Waals surface area contributed by atoms with E-state index in [0.29, 0.717) is 0 Å². The van der Waals surface area contributed by atoms with Crippen LogP contribution in [0.25, 0.3) is 68.2 Å². The normalized spacial score (nSPS) is 11.4. The highest BCUT2D eigenvalue weighted by Crippen LogP contribution is 2.33. The predicted octanol–water partition coefficient (Wildman–Crippen LogP) is 13.1. The van der Waals surface area contributed by atoms with Crippen LogP contribution in [-0.4, -0.2) is 24.9 Å². The minimum absolute atomic E-state index is 0.939. The summed E-state index contributed by atoms with van der Waals surface area (Å²) in [6.45, 7) is 0. The molecule has 0 atom stereocenters. The lowest BCUT2D eigenvalue weighted by Gasteiger charge is -2.25. The van der Waals surface area contributed by atoms with Crippen molar-refractivity contribution in [1.29, 1.82) is 0 Å². The zero-order valence-electron chi connectivity index (χ0n) is 30.5. The Morgan fingerprint density at radius 2 is 0.607 bits per heavy atom. The molecule has 8 bridgehead atoms. The molecule has 0 aliphatic carbocycles. The van der Waals surface area contributed by atoms with Crippen LogP contribution in [0.3, 0.4) is 0 Å². The molecule has 4 aromatic heterocycles. The van der Waals surface area contributed by atoms with Crippen LogP contribution in [0.15, 0.2) is 188 Å². The van der Waals surface area contributed by atoms with Crippen molar-refractivity contribution >= 4 is 85.2 Å². The van der Waals surface area contributed by atoms with Crippen molar-refractivity contribution < 1.29 is 0 Å². The first kappa shape index (κ1) is 34.1. The Morgan fingerprint density at radius 3 is 0.946 bits per heavy atom. The fourth-order valence-electron chi connectivity index (χ4n) is 6.92. The summed E-state index contributed by atoms with van der Waals surface area (Å²) in [5.74, 6) is 0. The molecule has 0 saturated heterocycles. The van der Waals surface area contributed by atoms with Crippen LogP contribution in [0.4, 0.5) is 17.1 Å². The van der Waals surface area contributed by atoms with Gasteiger partial charge >= 0.3 is 0 Å². The minimum atomic E-state index is 0.939. The molecule has 6 nitrogen and oxygen atoms in total. The molecule has 3 N–H and O–H groups in total. The molecular weight excluding hydrogens is 685 g/mol. The first-order chi connectivity index (χ1) is 27.7. The number of rotatable bonds is 3. The maximum Gasteiger partial charge on any atom is 0.0658 e. The highest BCUT2D eigenvalue weighted by molar-refractivity contribution is 6.07. The third-order valence-corrected chi connectivity index (χ3v) is 9.50. The van der Waals surface area contributed by atoms with Crippen molar-refractivity contribution in [3.05, 3.63) is 211 Å². The second-order valence-electron chi connectivity index (χ2n) is 13.5. The lowest BCUT2D eigenvalue weighted by atomic mass is 10.2. The first-order valence-electron chi connectivity index (χ1n) is 18.7. The highest BCUT2D eigenvalue weighted by Gasteiger charge is 2.10. The highest BCUT2D eigenvalue weighted by atomic mass is 15.1. The van der Waals surface area contributed by atoms with Gasteiger partial charge in [0.2, 0.25) is 0 Å². The van der Waals surface area contributed by atoms with Gasteiger partial charge in [0, 0.05) is 60.9 Å². The fraction of sp³-hybridized carbons (Fsp3) is 0. The summed E-state index contributed by atoms with van der Waals surface area (Å²) in [5.41, 5.74) is 13.8. The van der Waals surface area contributed by atoms with Crippen molar-refractivity contribution in [2.75, 3.05) is 4.90 Å². The summed E-state index contributed by atoms with van der Waals surface area (Å²) in [5, 5.41) is 2.61. The summed E-state index contributed by atoms with van der Waals surface area (Å²) in [7, 11) is 0. The third-order valence-electron chi connectivity index (χ3n) is 9.50. The number of benzene rings is 5. The molecule has 0 radical (unpaired) electrons. The molecule has 2 aliphatic rings. The number of nitrogens with one attached hydrogen (secondary N) is 3. The number of hydrogen-bond acceptors (Lipinski definition) is 3. The number of anilines is 3. The van der Waals surface area contributed by atoms with E-state index in [1.54, 1.807) is 0 Å². The Kier molecular flexibility index (Phi) is 9.57. The summed E-state index contributed by atoms with van der Waals surface area (Å²) < 4.78 is 0. The van der Waals surface area contributed by atoms with Crippen LogP contribution < -0.4 is 4.90 Å². The van der Waals surface area contributed by atoms with Gasteiger partial charge in [0.15, 0.2) is 0 Å². The zero-order valence-corrected chi connectivity index (χ0v) is 30.5. The summed E-state index contributed by atoms with van der Waals surface area (Å²) in [6.07, 6.45) is 8.09. The maximum absolute atomic E-state index is 4.63. The maximum atomic E-state index is 4.63. The molecule has 268 valence electrons. The monoisotopic (exact) mass is 722 g/mol. The van der Waals surface area contributed by atoms with Gasteiger partial charge < -0.3 is 19.9 Å². The lowest BCUT2D eigenvalue weighted by Crippen LogP contribution is -2.09. The van der Waals surface area contributed by atoms with Gasteiger partial charge in [0.1, 0.15) is 0 Å². The van der Waals surface area contributed by atoms with Gasteiger partial charge in [0.05, 0.1) is 22.8 Å². The van der Waals surface area contributed by atoms with E-state index in [0.717, 1.165) is 44.8 Å². The molecule has 0 fully saturated rings. The first-order valence-corrected chi connectivity index (χ1v) is 18.7. The average molecular weight is 723 g/mol. The molecule has 2 aliphatic heterocycles. The zero-order chi connectivity index (χ0) is 37.5.